The Morgan fingerprint density at radius 2 is 1.93 bits per heavy atom. The summed E-state index contributed by atoms with van der Waals surface area (Å²) in [5.41, 5.74) is 0.963. The summed E-state index contributed by atoms with van der Waals surface area (Å²) in [6.07, 6.45) is 0.168. The fourth-order valence-corrected chi connectivity index (χ4v) is 3.74. The lowest BCUT2D eigenvalue weighted by atomic mass is 9.92. The van der Waals surface area contributed by atoms with Crippen molar-refractivity contribution in [2.24, 2.45) is 5.92 Å². The van der Waals surface area contributed by atoms with Gasteiger partial charge in [0.2, 0.25) is 18.6 Å². The Labute approximate surface area is 169 Å². The molecule has 2 heterocycles. The standard InChI is InChI=1S/C22H24N2O5/c1-22(2,15-8-9-18-19(11-15)29-13-28-18)23-21(26)14-10-20(25)24(12-14)16-6-4-5-7-17(16)27-3/h4-9,11,14H,10,12-13H2,1-3H3,(H,23,26)/t14-/m1/s1. The Morgan fingerprint density at radius 1 is 1.17 bits per heavy atom. The topological polar surface area (TPSA) is 77.1 Å². The van der Waals surface area contributed by atoms with Crippen molar-refractivity contribution < 1.29 is 23.8 Å². The van der Waals surface area contributed by atoms with E-state index in [2.05, 4.69) is 5.32 Å². The molecule has 0 unspecified atom stereocenters. The second kappa shape index (κ2) is 7.31. The van der Waals surface area contributed by atoms with Crippen molar-refractivity contribution in [2.45, 2.75) is 25.8 Å². The molecule has 0 spiro atoms. The third-order valence-corrected chi connectivity index (χ3v) is 5.40. The molecule has 1 N–H and O–H groups in total. The van der Waals surface area contributed by atoms with Gasteiger partial charge in [-0.25, -0.2) is 0 Å². The van der Waals surface area contributed by atoms with Gasteiger partial charge in [0.1, 0.15) is 5.75 Å². The van der Waals surface area contributed by atoms with Crippen molar-refractivity contribution in [3.05, 3.63) is 48.0 Å². The van der Waals surface area contributed by atoms with Crippen LogP contribution in [-0.2, 0) is 15.1 Å². The lowest BCUT2D eigenvalue weighted by molar-refractivity contribution is -0.127. The molecule has 29 heavy (non-hydrogen) atoms. The summed E-state index contributed by atoms with van der Waals surface area (Å²) >= 11 is 0. The molecule has 1 fully saturated rings. The van der Waals surface area contributed by atoms with E-state index in [1.54, 1.807) is 18.1 Å². The summed E-state index contributed by atoms with van der Waals surface area (Å²) in [5, 5.41) is 3.08. The fraction of sp³-hybridized carbons (Fsp3) is 0.364. The maximum absolute atomic E-state index is 13.0. The molecule has 152 valence electrons. The molecule has 0 saturated carbocycles. The molecular weight excluding hydrogens is 372 g/mol. The van der Waals surface area contributed by atoms with E-state index in [-0.39, 0.29) is 25.0 Å². The van der Waals surface area contributed by atoms with Crippen molar-refractivity contribution in [3.63, 3.8) is 0 Å². The average molecular weight is 396 g/mol. The van der Waals surface area contributed by atoms with Crippen LogP contribution in [0.3, 0.4) is 0 Å². The number of amides is 2. The highest BCUT2D eigenvalue weighted by Gasteiger charge is 2.38. The summed E-state index contributed by atoms with van der Waals surface area (Å²) in [5.74, 6) is 1.31. The monoisotopic (exact) mass is 396 g/mol. The number of methoxy groups -OCH3 is 1. The first-order chi connectivity index (χ1) is 13.9. The van der Waals surface area contributed by atoms with E-state index in [0.717, 1.165) is 5.56 Å². The van der Waals surface area contributed by atoms with Crippen LogP contribution in [0, 0.1) is 5.92 Å². The molecule has 0 aliphatic carbocycles. The van der Waals surface area contributed by atoms with E-state index in [0.29, 0.717) is 29.5 Å². The number of carbonyl (C=O) groups is 2. The number of nitrogens with zero attached hydrogens (tertiary/aromatic N) is 1. The van der Waals surface area contributed by atoms with Gasteiger partial charge in [0, 0.05) is 13.0 Å². The molecule has 2 aromatic carbocycles. The summed E-state index contributed by atoms with van der Waals surface area (Å²) in [4.78, 5) is 27.2. The maximum atomic E-state index is 13.0. The third kappa shape index (κ3) is 3.60. The van der Waals surface area contributed by atoms with Crippen molar-refractivity contribution in [3.8, 4) is 17.2 Å². The number of benzene rings is 2. The lowest BCUT2D eigenvalue weighted by Gasteiger charge is -2.28. The van der Waals surface area contributed by atoms with Crippen LogP contribution >= 0.6 is 0 Å². The largest absolute Gasteiger partial charge is 0.495 e. The Hall–Kier alpha value is -3.22. The van der Waals surface area contributed by atoms with E-state index in [4.69, 9.17) is 14.2 Å². The van der Waals surface area contributed by atoms with E-state index >= 15 is 0 Å². The zero-order valence-corrected chi connectivity index (χ0v) is 16.7. The van der Waals surface area contributed by atoms with Crippen molar-refractivity contribution in [1.82, 2.24) is 5.32 Å². The molecule has 2 aliphatic heterocycles. The molecule has 7 heteroatoms. The van der Waals surface area contributed by atoms with Gasteiger partial charge in [-0.3, -0.25) is 9.59 Å². The minimum Gasteiger partial charge on any atom is -0.495 e. The molecule has 1 saturated heterocycles. The van der Waals surface area contributed by atoms with Crippen LogP contribution in [0.4, 0.5) is 5.69 Å². The average Bonchev–Trinajstić information content (AvgIpc) is 3.33. The zero-order chi connectivity index (χ0) is 20.6. The molecule has 7 nitrogen and oxygen atoms in total. The summed E-state index contributed by atoms with van der Waals surface area (Å²) in [6, 6.07) is 13.0. The van der Waals surface area contributed by atoms with Gasteiger partial charge in [-0.05, 0) is 43.7 Å². The first kappa shape index (κ1) is 19.1. The minimum absolute atomic E-state index is 0.0875. The molecule has 4 rings (SSSR count). The first-order valence-electron chi connectivity index (χ1n) is 9.54. The first-order valence-corrected chi connectivity index (χ1v) is 9.54. The Balaban J connectivity index is 1.48. The Bertz CT molecular complexity index is 956. The number of fused-ring (bicyclic) bond motifs is 1. The Kier molecular flexibility index (Phi) is 4.82. The van der Waals surface area contributed by atoms with Crippen molar-refractivity contribution in [1.29, 1.82) is 0 Å². The lowest BCUT2D eigenvalue weighted by Crippen LogP contribution is -2.44. The number of ether oxygens (including phenoxy) is 3. The summed E-state index contributed by atoms with van der Waals surface area (Å²) in [6.45, 7) is 4.38. The van der Waals surface area contributed by atoms with Gasteiger partial charge in [-0.1, -0.05) is 18.2 Å². The second-order valence-corrected chi connectivity index (χ2v) is 7.76. The molecule has 1 atom stereocenters. The van der Waals surface area contributed by atoms with Gasteiger partial charge >= 0.3 is 0 Å². The van der Waals surface area contributed by atoms with Gasteiger partial charge in [0.15, 0.2) is 11.5 Å². The van der Waals surface area contributed by atoms with Gasteiger partial charge in [-0.2, -0.15) is 0 Å². The number of rotatable bonds is 5. The van der Waals surface area contributed by atoms with Crippen LogP contribution in [0.15, 0.2) is 42.5 Å². The van der Waals surface area contributed by atoms with Crippen LogP contribution in [0.1, 0.15) is 25.8 Å². The van der Waals surface area contributed by atoms with Crippen LogP contribution in [-0.4, -0.2) is 32.3 Å². The predicted molar refractivity (Wildman–Crippen MR) is 107 cm³/mol. The van der Waals surface area contributed by atoms with E-state index in [1.165, 1.54) is 0 Å². The molecule has 0 bridgehead atoms. The SMILES string of the molecule is COc1ccccc1N1C[C@H](C(=O)NC(C)(C)c2ccc3c(c2)OCO3)CC1=O. The van der Waals surface area contributed by atoms with E-state index in [9.17, 15) is 9.59 Å². The normalized spacial score (nSPS) is 18.1. The second-order valence-electron chi connectivity index (χ2n) is 7.76. The summed E-state index contributed by atoms with van der Waals surface area (Å²) in [7, 11) is 1.57. The van der Waals surface area contributed by atoms with Crippen LogP contribution in [0.25, 0.3) is 0 Å². The van der Waals surface area contributed by atoms with Gasteiger partial charge < -0.3 is 24.4 Å². The smallest absolute Gasteiger partial charge is 0.231 e. The molecular formula is C22H24N2O5. The molecule has 2 aromatic rings. The highest BCUT2D eigenvalue weighted by Crippen LogP contribution is 2.36. The van der Waals surface area contributed by atoms with Crippen molar-refractivity contribution in [2.75, 3.05) is 25.3 Å². The van der Waals surface area contributed by atoms with E-state index < -0.39 is 11.5 Å². The number of hydrogen-bond acceptors (Lipinski definition) is 5. The minimum atomic E-state index is -0.626. The van der Waals surface area contributed by atoms with Crippen LogP contribution < -0.4 is 24.4 Å². The van der Waals surface area contributed by atoms with E-state index in [1.807, 2.05) is 50.2 Å². The van der Waals surface area contributed by atoms with Crippen molar-refractivity contribution >= 4 is 17.5 Å². The van der Waals surface area contributed by atoms with Gasteiger partial charge in [0.05, 0.1) is 24.3 Å². The highest BCUT2D eigenvalue weighted by molar-refractivity contribution is 6.01. The molecule has 0 aromatic heterocycles. The van der Waals surface area contributed by atoms with Crippen LogP contribution in [0.2, 0.25) is 0 Å². The molecule has 2 amide bonds. The molecule has 2 aliphatic rings. The highest BCUT2D eigenvalue weighted by atomic mass is 16.7. The number of nitrogens with one attached hydrogen (secondary N) is 1. The summed E-state index contributed by atoms with van der Waals surface area (Å²) < 4.78 is 16.2. The number of para-hydroxylation sites is 2. The third-order valence-electron chi connectivity index (χ3n) is 5.40. The predicted octanol–water partition coefficient (Wildman–Crippen LogP) is 2.83. The Morgan fingerprint density at radius 3 is 2.72 bits per heavy atom. The number of carbonyl (C=O) groups excluding carboxylic acids is 2. The van der Waals surface area contributed by atoms with Crippen LogP contribution in [0.5, 0.6) is 17.2 Å². The number of hydrogen-bond donors (Lipinski definition) is 1. The fourth-order valence-electron chi connectivity index (χ4n) is 3.74. The van der Waals surface area contributed by atoms with Gasteiger partial charge in [0.25, 0.3) is 0 Å². The maximum Gasteiger partial charge on any atom is 0.231 e. The zero-order valence-electron chi connectivity index (χ0n) is 16.7. The molecule has 0 radical (unpaired) electrons. The quantitative estimate of drug-likeness (QED) is 0.841. The number of anilines is 1. The van der Waals surface area contributed by atoms with Gasteiger partial charge in [-0.15, -0.1) is 0 Å².